The molecule has 32 heavy (non-hydrogen) atoms. The molecule has 0 bridgehead atoms. The first-order valence-electron chi connectivity index (χ1n) is 9.49. The van der Waals surface area contributed by atoms with Crippen molar-refractivity contribution in [3.05, 3.63) is 63.2 Å². The number of phenolic OH excluding ortho intramolecular Hbond substituents is 1. The van der Waals surface area contributed by atoms with Gasteiger partial charge < -0.3 is 30.0 Å². The van der Waals surface area contributed by atoms with E-state index in [4.69, 9.17) is 14.2 Å². The number of benzene rings is 2. The monoisotopic (exact) mass is 443 g/mol. The SMILES string of the molecule is CCOc1cc(C2NC(=O)NC(c3ccc(OC)cc3)=C2C(=O)OC)cc([N+](=O)[O-])c1O. The maximum atomic E-state index is 12.7. The predicted molar refractivity (Wildman–Crippen MR) is 112 cm³/mol. The van der Waals surface area contributed by atoms with Gasteiger partial charge in [-0.05, 0) is 48.4 Å². The molecule has 1 aliphatic heterocycles. The van der Waals surface area contributed by atoms with Gasteiger partial charge in [0, 0.05) is 6.07 Å². The van der Waals surface area contributed by atoms with E-state index in [2.05, 4.69) is 10.6 Å². The lowest BCUT2D eigenvalue weighted by atomic mass is 9.92. The summed E-state index contributed by atoms with van der Waals surface area (Å²) in [5.74, 6) is -0.997. The van der Waals surface area contributed by atoms with Crippen molar-refractivity contribution in [2.45, 2.75) is 13.0 Å². The Morgan fingerprint density at radius 3 is 2.47 bits per heavy atom. The van der Waals surface area contributed by atoms with E-state index in [1.54, 1.807) is 31.2 Å². The second-order valence-electron chi connectivity index (χ2n) is 6.62. The minimum Gasteiger partial charge on any atom is -0.500 e. The Hall–Kier alpha value is -4.28. The van der Waals surface area contributed by atoms with E-state index in [-0.39, 0.29) is 29.2 Å². The van der Waals surface area contributed by atoms with Crippen LogP contribution in [0.5, 0.6) is 17.2 Å². The molecule has 0 aromatic heterocycles. The third-order valence-corrected chi connectivity index (χ3v) is 4.76. The van der Waals surface area contributed by atoms with Gasteiger partial charge in [-0.1, -0.05) is 0 Å². The number of nitrogens with one attached hydrogen (secondary N) is 2. The summed E-state index contributed by atoms with van der Waals surface area (Å²) in [5.41, 5.74) is 0.194. The number of phenols is 1. The van der Waals surface area contributed by atoms with Crippen LogP contribution in [0.15, 0.2) is 42.0 Å². The lowest BCUT2D eigenvalue weighted by molar-refractivity contribution is -0.386. The van der Waals surface area contributed by atoms with Crippen LogP contribution in [0.4, 0.5) is 10.5 Å². The van der Waals surface area contributed by atoms with Gasteiger partial charge in [-0.25, -0.2) is 9.59 Å². The van der Waals surface area contributed by atoms with Crippen molar-refractivity contribution < 1.29 is 33.8 Å². The Morgan fingerprint density at radius 1 is 1.22 bits per heavy atom. The lowest BCUT2D eigenvalue weighted by Gasteiger charge is -2.29. The Kier molecular flexibility index (Phi) is 6.47. The van der Waals surface area contributed by atoms with Gasteiger partial charge in [-0.2, -0.15) is 0 Å². The fourth-order valence-corrected chi connectivity index (χ4v) is 3.31. The second kappa shape index (κ2) is 9.25. The van der Waals surface area contributed by atoms with Gasteiger partial charge in [0.1, 0.15) is 5.75 Å². The molecule has 0 fully saturated rings. The highest BCUT2D eigenvalue weighted by Crippen LogP contribution is 2.41. The summed E-state index contributed by atoms with van der Waals surface area (Å²) in [6, 6.07) is 7.24. The molecule has 11 heteroatoms. The number of nitro benzene ring substituents is 1. The lowest BCUT2D eigenvalue weighted by Crippen LogP contribution is -2.45. The summed E-state index contributed by atoms with van der Waals surface area (Å²) < 4.78 is 15.4. The number of hydrogen-bond donors (Lipinski definition) is 3. The number of esters is 1. The molecule has 2 aromatic carbocycles. The predicted octanol–water partition coefficient (Wildman–Crippen LogP) is 2.65. The highest BCUT2D eigenvalue weighted by molar-refractivity contribution is 6.04. The molecular weight excluding hydrogens is 422 g/mol. The first kappa shape index (κ1) is 22.4. The van der Waals surface area contributed by atoms with Crippen LogP contribution in [-0.4, -0.2) is 42.9 Å². The van der Waals surface area contributed by atoms with Crippen molar-refractivity contribution in [3.63, 3.8) is 0 Å². The number of ether oxygens (including phenoxy) is 3. The van der Waals surface area contributed by atoms with E-state index in [0.717, 1.165) is 6.07 Å². The fourth-order valence-electron chi connectivity index (χ4n) is 3.31. The number of methoxy groups -OCH3 is 2. The Morgan fingerprint density at radius 2 is 1.91 bits per heavy atom. The molecule has 168 valence electrons. The van der Waals surface area contributed by atoms with Gasteiger partial charge in [0.15, 0.2) is 5.75 Å². The highest BCUT2D eigenvalue weighted by atomic mass is 16.6. The van der Waals surface area contributed by atoms with E-state index in [1.165, 1.54) is 20.3 Å². The zero-order chi connectivity index (χ0) is 23.4. The normalized spacial score (nSPS) is 15.5. The molecule has 1 aliphatic rings. The Balaban J connectivity index is 2.24. The summed E-state index contributed by atoms with van der Waals surface area (Å²) in [5, 5.41) is 26.8. The van der Waals surface area contributed by atoms with Gasteiger partial charge in [0.05, 0.1) is 43.1 Å². The molecule has 1 unspecified atom stereocenters. The molecule has 3 rings (SSSR count). The second-order valence-corrected chi connectivity index (χ2v) is 6.62. The largest absolute Gasteiger partial charge is 0.500 e. The number of aromatic hydroxyl groups is 1. The van der Waals surface area contributed by atoms with Gasteiger partial charge in [0.25, 0.3) is 0 Å². The van der Waals surface area contributed by atoms with E-state index in [0.29, 0.717) is 11.3 Å². The van der Waals surface area contributed by atoms with Crippen LogP contribution >= 0.6 is 0 Å². The summed E-state index contributed by atoms with van der Waals surface area (Å²) >= 11 is 0. The zero-order valence-electron chi connectivity index (χ0n) is 17.5. The van der Waals surface area contributed by atoms with Crippen LogP contribution in [0.3, 0.4) is 0 Å². The smallest absolute Gasteiger partial charge is 0.338 e. The number of carbonyl (C=O) groups excluding carboxylic acids is 2. The number of rotatable bonds is 7. The minimum atomic E-state index is -1.12. The molecule has 3 N–H and O–H groups in total. The van der Waals surface area contributed by atoms with Crippen LogP contribution in [0.1, 0.15) is 24.1 Å². The maximum absolute atomic E-state index is 12.7. The van der Waals surface area contributed by atoms with Crippen LogP contribution in [0.2, 0.25) is 0 Å². The van der Waals surface area contributed by atoms with Crippen LogP contribution in [0.25, 0.3) is 5.70 Å². The molecule has 0 saturated carbocycles. The average molecular weight is 443 g/mol. The third-order valence-electron chi connectivity index (χ3n) is 4.76. The summed E-state index contributed by atoms with van der Waals surface area (Å²) in [7, 11) is 2.68. The van der Waals surface area contributed by atoms with Gasteiger partial charge in [-0.15, -0.1) is 0 Å². The molecule has 0 saturated heterocycles. The van der Waals surface area contributed by atoms with Gasteiger partial charge in [0.2, 0.25) is 5.75 Å². The molecule has 11 nitrogen and oxygen atoms in total. The average Bonchev–Trinajstić information content (AvgIpc) is 2.79. The molecular formula is C21H21N3O8. The number of nitrogens with zero attached hydrogens (tertiary/aromatic N) is 1. The van der Waals surface area contributed by atoms with Crippen molar-refractivity contribution >= 4 is 23.4 Å². The molecule has 0 aliphatic carbocycles. The zero-order valence-corrected chi connectivity index (χ0v) is 17.5. The maximum Gasteiger partial charge on any atom is 0.338 e. The standard InChI is InChI=1S/C21H21N3O8/c1-4-32-15-10-12(9-14(19(15)25)24(28)29)18-16(20(26)31-3)17(22-21(27)23-18)11-5-7-13(30-2)8-6-11/h5-10,18,25H,4H2,1-3H3,(H2,22,23,27). The van der Waals surface area contributed by atoms with E-state index in [1.807, 2.05) is 0 Å². The van der Waals surface area contributed by atoms with Gasteiger partial charge in [-0.3, -0.25) is 10.1 Å². The molecule has 2 amide bonds. The van der Waals surface area contributed by atoms with Crippen molar-refractivity contribution in [2.75, 3.05) is 20.8 Å². The fraction of sp³-hybridized carbons (Fsp3) is 0.238. The van der Waals surface area contributed by atoms with Crippen molar-refractivity contribution in [3.8, 4) is 17.2 Å². The molecule has 1 heterocycles. The number of hydrogen-bond acceptors (Lipinski definition) is 8. The first-order valence-corrected chi connectivity index (χ1v) is 9.49. The Bertz CT molecular complexity index is 1090. The quantitative estimate of drug-likeness (QED) is 0.336. The topological polar surface area (TPSA) is 149 Å². The van der Waals surface area contributed by atoms with Crippen molar-refractivity contribution in [2.24, 2.45) is 0 Å². The van der Waals surface area contributed by atoms with E-state index in [9.17, 15) is 24.8 Å². The number of nitro groups is 1. The van der Waals surface area contributed by atoms with Crippen molar-refractivity contribution in [1.29, 1.82) is 0 Å². The molecule has 2 aromatic rings. The summed E-state index contributed by atoms with van der Waals surface area (Å²) in [4.78, 5) is 35.9. The highest BCUT2D eigenvalue weighted by Gasteiger charge is 2.36. The third kappa shape index (κ3) is 4.26. The minimum absolute atomic E-state index is 0.0136. The molecule has 0 radical (unpaired) electrons. The van der Waals surface area contributed by atoms with Crippen molar-refractivity contribution in [1.82, 2.24) is 10.6 Å². The summed E-state index contributed by atoms with van der Waals surface area (Å²) in [6.45, 7) is 1.77. The number of urea groups is 1. The first-order chi connectivity index (χ1) is 15.3. The van der Waals surface area contributed by atoms with E-state index >= 15 is 0 Å². The molecule has 0 spiro atoms. The van der Waals surface area contributed by atoms with Crippen LogP contribution in [-0.2, 0) is 9.53 Å². The van der Waals surface area contributed by atoms with Crippen LogP contribution < -0.4 is 20.1 Å². The van der Waals surface area contributed by atoms with Gasteiger partial charge >= 0.3 is 17.7 Å². The van der Waals surface area contributed by atoms with E-state index < -0.39 is 34.4 Å². The number of carbonyl (C=O) groups is 2. The number of amides is 2. The Labute approximate surface area is 182 Å². The summed E-state index contributed by atoms with van der Waals surface area (Å²) in [6.07, 6.45) is 0. The van der Waals surface area contributed by atoms with Crippen LogP contribution in [0, 0.1) is 10.1 Å². The molecule has 1 atom stereocenters.